The van der Waals surface area contributed by atoms with E-state index < -0.39 is 6.10 Å². The summed E-state index contributed by atoms with van der Waals surface area (Å²) in [5, 5.41) is 8.98. The van der Waals surface area contributed by atoms with Gasteiger partial charge in [0.1, 0.15) is 5.78 Å². The van der Waals surface area contributed by atoms with Gasteiger partial charge in [0.25, 0.3) is 0 Å². The largest absolute Gasteiger partial charge is 0.389 e. The third kappa shape index (κ3) is 3.73. The average molecular weight is 182 g/mol. The second-order valence-electron chi connectivity index (χ2n) is 3.81. The number of hydrogen-bond donors (Lipinski definition) is 1. The maximum absolute atomic E-state index is 11.4. The van der Waals surface area contributed by atoms with Crippen molar-refractivity contribution < 1.29 is 9.90 Å². The van der Waals surface area contributed by atoms with E-state index in [9.17, 15) is 4.79 Å². The fraction of sp³-hybridized carbons (Fsp3) is 0.727. The molecule has 13 heavy (non-hydrogen) atoms. The first-order valence-electron chi connectivity index (χ1n) is 5.07. The summed E-state index contributed by atoms with van der Waals surface area (Å²) in [6, 6.07) is 0. The molecule has 2 nitrogen and oxygen atoms in total. The molecule has 1 fully saturated rings. The highest BCUT2D eigenvalue weighted by Crippen LogP contribution is 2.23. The molecule has 0 aromatic carbocycles. The quantitative estimate of drug-likeness (QED) is 0.678. The van der Waals surface area contributed by atoms with E-state index in [2.05, 4.69) is 0 Å². The average Bonchev–Trinajstić information content (AvgIpc) is 2.08. The number of aliphatic hydroxyl groups is 1. The molecule has 1 rings (SSSR count). The van der Waals surface area contributed by atoms with Crippen LogP contribution in [0.2, 0.25) is 0 Å². The molecule has 0 amide bonds. The molecule has 0 aromatic heterocycles. The minimum Gasteiger partial charge on any atom is -0.389 e. The molecule has 2 unspecified atom stereocenters. The first-order chi connectivity index (χ1) is 6.20. The molecule has 0 aromatic rings. The topological polar surface area (TPSA) is 37.3 Å². The van der Waals surface area contributed by atoms with Gasteiger partial charge in [-0.05, 0) is 26.2 Å². The lowest BCUT2D eigenvalue weighted by atomic mass is 9.86. The molecule has 0 aliphatic heterocycles. The molecule has 2 atom stereocenters. The summed E-state index contributed by atoms with van der Waals surface area (Å²) < 4.78 is 0. The van der Waals surface area contributed by atoms with Crippen LogP contribution in [0.1, 0.15) is 39.0 Å². The van der Waals surface area contributed by atoms with E-state index in [1.54, 1.807) is 13.0 Å². The van der Waals surface area contributed by atoms with E-state index in [1.807, 2.05) is 6.08 Å². The van der Waals surface area contributed by atoms with Crippen LogP contribution in [-0.4, -0.2) is 17.0 Å². The zero-order valence-electron chi connectivity index (χ0n) is 8.20. The van der Waals surface area contributed by atoms with E-state index in [0.29, 0.717) is 5.78 Å². The van der Waals surface area contributed by atoms with Crippen molar-refractivity contribution in [1.29, 1.82) is 0 Å². The molecular formula is C11H18O2. The van der Waals surface area contributed by atoms with Crippen molar-refractivity contribution in [2.75, 3.05) is 0 Å². The number of hydrogen-bond acceptors (Lipinski definition) is 2. The Hall–Kier alpha value is -0.630. The third-order valence-corrected chi connectivity index (χ3v) is 2.52. The number of carbonyl (C=O) groups is 1. The van der Waals surface area contributed by atoms with Crippen LogP contribution in [-0.2, 0) is 4.79 Å². The van der Waals surface area contributed by atoms with Gasteiger partial charge in [-0.15, -0.1) is 0 Å². The summed E-state index contributed by atoms with van der Waals surface area (Å²) >= 11 is 0. The van der Waals surface area contributed by atoms with Gasteiger partial charge in [0, 0.05) is 12.3 Å². The molecule has 1 aliphatic carbocycles. The molecule has 0 bridgehead atoms. The van der Waals surface area contributed by atoms with Gasteiger partial charge in [-0.25, -0.2) is 0 Å². The second-order valence-corrected chi connectivity index (χ2v) is 3.81. The molecule has 0 heterocycles. The number of allylic oxidation sites excluding steroid dienone is 1. The van der Waals surface area contributed by atoms with Crippen LogP contribution in [0.3, 0.4) is 0 Å². The van der Waals surface area contributed by atoms with Crippen molar-refractivity contribution in [1.82, 2.24) is 0 Å². The summed E-state index contributed by atoms with van der Waals surface area (Å²) in [6.07, 6.45) is 8.13. The maximum atomic E-state index is 11.4. The van der Waals surface area contributed by atoms with Gasteiger partial charge in [-0.2, -0.15) is 0 Å². The molecule has 1 saturated carbocycles. The van der Waals surface area contributed by atoms with E-state index in [4.69, 9.17) is 5.11 Å². The zero-order valence-corrected chi connectivity index (χ0v) is 8.20. The van der Waals surface area contributed by atoms with Gasteiger partial charge in [-0.1, -0.05) is 18.6 Å². The summed E-state index contributed by atoms with van der Waals surface area (Å²) in [4.78, 5) is 11.4. The molecule has 74 valence electrons. The van der Waals surface area contributed by atoms with Crippen molar-refractivity contribution in [3.8, 4) is 0 Å². The van der Waals surface area contributed by atoms with Crippen molar-refractivity contribution >= 4 is 5.78 Å². The van der Waals surface area contributed by atoms with Gasteiger partial charge in [0.05, 0.1) is 6.10 Å². The molecule has 2 heteroatoms. The van der Waals surface area contributed by atoms with Gasteiger partial charge in [0.2, 0.25) is 0 Å². The van der Waals surface area contributed by atoms with Gasteiger partial charge < -0.3 is 5.11 Å². The Morgan fingerprint density at radius 2 is 2.38 bits per heavy atom. The molecule has 0 radical (unpaired) electrons. The lowest BCUT2D eigenvalue weighted by molar-refractivity contribution is -0.124. The zero-order chi connectivity index (χ0) is 9.68. The van der Waals surface area contributed by atoms with Gasteiger partial charge >= 0.3 is 0 Å². The third-order valence-electron chi connectivity index (χ3n) is 2.52. The lowest BCUT2D eigenvalue weighted by Gasteiger charge is -2.18. The van der Waals surface area contributed by atoms with Gasteiger partial charge in [0.15, 0.2) is 0 Å². The number of carbonyl (C=O) groups excluding carboxylic acids is 1. The van der Waals surface area contributed by atoms with Crippen molar-refractivity contribution in [3.63, 3.8) is 0 Å². The standard InChI is InChI=1S/C11H18O2/c1-9(12)5-4-7-10-6-2-3-8-11(10)13/h4-5,9-10,12H,2-3,6-8H2,1H3/b5-4-. The number of rotatable bonds is 3. The monoisotopic (exact) mass is 182 g/mol. The second kappa shape index (κ2) is 5.18. The minimum absolute atomic E-state index is 0.226. The number of aliphatic hydroxyl groups excluding tert-OH is 1. The Kier molecular flexibility index (Phi) is 4.16. The highest BCUT2D eigenvalue weighted by Gasteiger charge is 2.20. The van der Waals surface area contributed by atoms with Crippen molar-refractivity contribution in [3.05, 3.63) is 12.2 Å². The summed E-state index contributed by atoms with van der Waals surface area (Å²) in [6.45, 7) is 1.72. The Morgan fingerprint density at radius 1 is 1.62 bits per heavy atom. The lowest BCUT2D eigenvalue weighted by Crippen LogP contribution is -2.18. The van der Waals surface area contributed by atoms with E-state index >= 15 is 0 Å². The molecule has 0 saturated heterocycles. The fourth-order valence-corrected chi connectivity index (χ4v) is 1.74. The minimum atomic E-state index is -0.390. The van der Waals surface area contributed by atoms with Crippen LogP contribution in [0.15, 0.2) is 12.2 Å². The van der Waals surface area contributed by atoms with Gasteiger partial charge in [-0.3, -0.25) is 4.79 Å². The van der Waals surface area contributed by atoms with Crippen LogP contribution in [0, 0.1) is 5.92 Å². The van der Waals surface area contributed by atoms with Crippen molar-refractivity contribution in [2.24, 2.45) is 5.92 Å². The van der Waals surface area contributed by atoms with Crippen LogP contribution in [0.25, 0.3) is 0 Å². The highest BCUT2D eigenvalue weighted by molar-refractivity contribution is 5.81. The number of ketones is 1. The SMILES string of the molecule is CC(O)/C=C\CC1CCCCC1=O. The summed E-state index contributed by atoms with van der Waals surface area (Å²) in [5.74, 6) is 0.630. The van der Waals surface area contributed by atoms with Crippen molar-refractivity contribution in [2.45, 2.75) is 45.1 Å². The van der Waals surface area contributed by atoms with Crippen LogP contribution >= 0.6 is 0 Å². The first-order valence-corrected chi connectivity index (χ1v) is 5.07. The predicted molar refractivity (Wildman–Crippen MR) is 52.4 cm³/mol. The summed E-state index contributed by atoms with van der Waals surface area (Å²) in [5.41, 5.74) is 0. The Balaban J connectivity index is 2.30. The maximum Gasteiger partial charge on any atom is 0.136 e. The van der Waals surface area contributed by atoms with E-state index in [1.165, 1.54) is 6.42 Å². The van der Waals surface area contributed by atoms with Crippen LogP contribution in [0.4, 0.5) is 0 Å². The molecular weight excluding hydrogens is 164 g/mol. The molecule has 1 N–H and O–H groups in total. The number of Topliss-reactive ketones (excluding diaryl/α,β-unsaturated/α-hetero) is 1. The fourth-order valence-electron chi connectivity index (χ4n) is 1.74. The van der Waals surface area contributed by atoms with E-state index in [-0.39, 0.29) is 5.92 Å². The highest BCUT2D eigenvalue weighted by atomic mass is 16.3. The van der Waals surface area contributed by atoms with E-state index in [0.717, 1.165) is 25.7 Å². The normalized spacial score (nSPS) is 26.6. The first kappa shape index (κ1) is 10.5. The Bertz CT molecular complexity index is 194. The molecule has 0 spiro atoms. The Labute approximate surface area is 79.6 Å². The van der Waals surface area contributed by atoms with Crippen LogP contribution in [0.5, 0.6) is 0 Å². The summed E-state index contributed by atoms with van der Waals surface area (Å²) in [7, 11) is 0. The Morgan fingerprint density at radius 3 is 3.00 bits per heavy atom. The smallest absolute Gasteiger partial charge is 0.136 e. The predicted octanol–water partition coefficient (Wildman–Crippen LogP) is 2.07. The van der Waals surface area contributed by atoms with Crippen LogP contribution < -0.4 is 0 Å². The molecule has 1 aliphatic rings.